The van der Waals surface area contributed by atoms with Gasteiger partial charge in [-0.1, -0.05) is 48.1 Å². The Morgan fingerprint density at radius 3 is 2.49 bits per heavy atom. The molecule has 41 heavy (non-hydrogen) atoms. The molecule has 0 spiro atoms. The molecule has 2 N–H and O–H groups in total. The van der Waals surface area contributed by atoms with Crippen molar-refractivity contribution in [3.63, 3.8) is 0 Å². The number of imide groups is 1. The number of benzene rings is 2. The number of hydrogen-bond donors (Lipinski definition) is 2. The van der Waals surface area contributed by atoms with E-state index in [-0.39, 0.29) is 52.3 Å². The van der Waals surface area contributed by atoms with Crippen molar-refractivity contribution in [2.75, 3.05) is 6.54 Å². The molecule has 208 valence electrons. The summed E-state index contributed by atoms with van der Waals surface area (Å²) in [5, 5.41) is 20.9. The molecule has 2 aromatic rings. The Morgan fingerprint density at radius 1 is 1.00 bits per heavy atom. The number of phenols is 2. The Hall–Kier alpha value is -4.04. The van der Waals surface area contributed by atoms with Crippen LogP contribution in [0, 0.1) is 17.8 Å². The Kier molecular flexibility index (Phi) is 6.90. The van der Waals surface area contributed by atoms with Gasteiger partial charge in [0.25, 0.3) is 0 Å². The van der Waals surface area contributed by atoms with Crippen LogP contribution in [0.15, 0.2) is 88.5 Å². The van der Waals surface area contributed by atoms with Crippen LogP contribution in [0.25, 0.3) is 0 Å². The number of fused-ring (bicyclic) bond motifs is 3. The maximum absolute atomic E-state index is 13.9. The van der Waals surface area contributed by atoms with Gasteiger partial charge in [0.1, 0.15) is 11.5 Å². The summed E-state index contributed by atoms with van der Waals surface area (Å²) >= 11 is 3.24. The van der Waals surface area contributed by atoms with Gasteiger partial charge in [-0.25, -0.2) is 0 Å². The van der Waals surface area contributed by atoms with Crippen molar-refractivity contribution >= 4 is 39.3 Å². The van der Waals surface area contributed by atoms with Gasteiger partial charge < -0.3 is 10.2 Å². The fourth-order valence-corrected chi connectivity index (χ4v) is 7.36. The van der Waals surface area contributed by atoms with Crippen LogP contribution in [0.4, 0.5) is 0 Å². The van der Waals surface area contributed by atoms with E-state index in [0.29, 0.717) is 41.5 Å². The van der Waals surface area contributed by atoms with Crippen molar-refractivity contribution in [1.82, 2.24) is 4.90 Å². The number of ketones is 2. The number of phenolic OH excluding ortho intramolecular Hbond substituents is 2. The molecule has 0 saturated carbocycles. The van der Waals surface area contributed by atoms with Gasteiger partial charge in [-0.15, -0.1) is 6.58 Å². The molecule has 4 aliphatic rings. The largest absolute Gasteiger partial charge is 0.508 e. The third-order valence-electron chi connectivity index (χ3n) is 8.81. The third kappa shape index (κ3) is 4.41. The number of rotatable bonds is 6. The van der Waals surface area contributed by atoms with Gasteiger partial charge in [0, 0.05) is 35.2 Å². The molecule has 6 rings (SSSR count). The van der Waals surface area contributed by atoms with Gasteiger partial charge in [-0.3, -0.25) is 24.1 Å². The fourth-order valence-electron chi connectivity index (χ4n) is 6.92. The molecular formula is C33H28BrNO6. The first-order valence-electron chi connectivity index (χ1n) is 13.6. The average molecular weight is 614 g/mol. The standard InChI is InChI=1S/C33H28BrNO6/c1-2-4-18-5-3-6-21(30(18)38)27-20-11-12-22-28(23(20)15-24-29(27)26(37)16-25(34)31(24)39)33(41)35(32(22)40)14-13-17-7-9-19(36)10-8-17/h2-3,5-11,16,22-23,27-28,36,38H,1,4,12-15H2. The molecule has 0 radical (unpaired) electrons. The Balaban J connectivity index is 1.40. The van der Waals surface area contributed by atoms with Crippen molar-refractivity contribution in [2.24, 2.45) is 17.8 Å². The van der Waals surface area contributed by atoms with Crippen LogP contribution in [0.5, 0.6) is 11.5 Å². The molecular weight excluding hydrogens is 586 g/mol. The zero-order chi connectivity index (χ0) is 29.0. The van der Waals surface area contributed by atoms with Gasteiger partial charge in [0.05, 0.1) is 16.3 Å². The highest BCUT2D eigenvalue weighted by Gasteiger charge is 2.56. The Morgan fingerprint density at radius 2 is 1.76 bits per heavy atom. The predicted octanol–water partition coefficient (Wildman–Crippen LogP) is 4.83. The first kappa shape index (κ1) is 27.1. The van der Waals surface area contributed by atoms with E-state index >= 15 is 0 Å². The summed E-state index contributed by atoms with van der Waals surface area (Å²) in [4.78, 5) is 55.5. The van der Waals surface area contributed by atoms with E-state index in [1.165, 1.54) is 11.0 Å². The summed E-state index contributed by atoms with van der Waals surface area (Å²) in [6.45, 7) is 3.98. The molecule has 0 aromatic heterocycles. The predicted molar refractivity (Wildman–Crippen MR) is 155 cm³/mol. The number of aromatic hydroxyl groups is 2. The van der Waals surface area contributed by atoms with E-state index in [1.54, 1.807) is 48.5 Å². The van der Waals surface area contributed by atoms with Gasteiger partial charge in [-0.2, -0.15) is 0 Å². The second-order valence-corrected chi connectivity index (χ2v) is 11.8. The molecule has 1 aliphatic heterocycles. The third-order valence-corrected chi connectivity index (χ3v) is 9.40. The normalized spacial score (nSPS) is 25.4. The maximum Gasteiger partial charge on any atom is 0.233 e. The highest BCUT2D eigenvalue weighted by Crippen LogP contribution is 2.56. The number of halogens is 1. The van der Waals surface area contributed by atoms with Crippen LogP contribution in [0.2, 0.25) is 0 Å². The monoisotopic (exact) mass is 613 g/mol. The molecule has 7 nitrogen and oxygen atoms in total. The smallest absolute Gasteiger partial charge is 0.233 e. The van der Waals surface area contributed by atoms with Crippen LogP contribution in [-0.2, 0) is 32.0 Å². The van der Waals surface area contributed by atoms with E-state index in [2.05, 4.69) is 22.5 Å². The minimum Gasteiger partial charge on any atom is -0.508 e. The molecule has 2 amide bonds. The lowest BCUT2D eigenvalue weighted by Gasteiger charge is -2.42. The minimum atomic E-state index is -0.711. The van der Waals surface area contributed by atoms with Crippen molar-refractivity contribution in [2.45, 2.75) is 31.6 Å². The van der Waals surface area contributed by atoms with Crippen molar-refractivity contribution in [3.8, 4) is 11.5 Å². The van der Waals surface area contributed by atoms with Gasteiger partial charge >= 0.3 is 0 Å². The molecule has 2 aromatic carbocycles. The van der Waals surface area contributed by atoms with E-state index in [9.17, 15) is 29.4 Å². The number of amides is 2. The van der Waals surface area contributed by atoms with Gasteiger partial charge in [-0.05, 0) is 70.8 Å². The summed E-state index contributed by atoms with van der Waals surface area (Å²) in [6.07, 6.45) is 6.29. The summed E-state index contributed by atoms with van der Waals surface area (Å²) in [7, 11) is 0. The molecule has 1 heterocycles. The average Bonchev–Trinajstić information content (AvgIpc) is 3.20. The van der Waals surface area contributed by atoms with Crippen LogP contribution in [0.3, 0.4) is 0 Å². The number of likely N-dealkylation sites (tertiary alicyclic amines) is 1. The number of carbonyl (C=O) groups excluding carboxylic acids is 4. The SMILES string of the molecule is C=CCc1cccc(C2C3=CCC4C(=O)N(CCc5ccc(O)cc5)C(=O)C4C3CC3=C2C(=O)C=C(Br)C3=O)c1O. The van der Waals surface area contributed by atoms with E-state index in [1.807, 2.05) is 6.08 Å². The zero-order valence-corrected chi connectivity index (χ0v) is 23.8. The maximum atomic E-state index is 13.9. The zero-order valence-electron chi connectivity index (χ0n) is 22.2. The van der Waals surface area contributed by atoms with Crippen molar-refractivity contribution < 1.29 is 29.4 Å². The number of nitrogens with zero attached hydrogens (tertiary/aromatic N) is 1. The topological polar surface area (TPSA) is 112 Å². The summed E-state index contributed by atoms with van der Waals surface area (Å²) in [5.74, 6) is -3.33. The minimum absolute atomic E-state index is 0.0335. The highest BCUT2D eigenvalue weighted by atomic mass is 79.9. The molecule has 4 atom stereocenters. The number of hydrogen-bond acceptors (Lipinski definition) is 6. The number of Topliss-reactive ketones (excluding diaryl/α,β-unsaturated/α-hetero) is 1. The number of allylic oxidation sites excluding steroid dienone is 7. The molecule has 1 fully saturated rings. The van der Waals surface area contributed by atoms with Crippen LogP contribution < -0.4 is 0 Å². The van der Waals surface area contributed by atoms with E-state index in [4.69, 9.17) is 0 Å². The lowest BCUT2D eigenvalue weighted by atomic mass is 9.59. The molecule has 8 heteroatoms. The second-order valence-electron chi connectivity index (χ2n) is 11.0. The lowest BCUT2D eigenvalue weighted by Crippen LogP contribution is -2.39. The van der Waals surface area contributed by atoms with Gasteiger partial charge in [0.2, 0.25) is 11.8 Å². The number of carbonyl (C=O) groups is 4. The quantitative estimate of drug-likeness (QED) is 0.274. The summed E-state index contributed by atoms with van der Waals surface area (Å²) in [6, 6.07) is 12.0. The second kappa shape index (κ2) is 10.4. The summed E-state index contributed by atoms with van der Waals surface area (Å²) < 4.78 is 0.161. The molecule has 3 aliphatic carbocycles. The Bertz CT molecular complexity index is 1610. The van der Waals surface area contributed by atoms with E-state index < -0.39 is 23.7 Å². The molecule has 0 bridgehead atoms. The van der Waals surface area contributed by atoms with Gasteiger partial charge in [0.15, 0.2) is 11.6 Å². The summed E-state index contributed by atoms with van der Waals surface area (Å²) in [5.41, 5.74) is 3.49. The molecule has 4 unspecified atom stereocenters. The highest BCUT2D eigenvalue weighted by molar-refractivity contribution is 9.12. The van der Waals surface area contributed by atoms with Crippen molar-refractivity contribution in [1.29, 1.82) is 0 Å². The molecule has 1 saturated heterocycles. The lowest BCUT2D eigenvalue weighted by molar-refractivity contribution is -0.140. The van der Waals surface area contributed by atoms with Crippen molar-refractivity contribution in [3.05, 3.63) is 105 Å². The first-order chi connectivity index (χ1) is 19.7. The Labute approximate surface area is 245 Å². The van der Waals surface area contributed by atoms with Crippen LogP contribution >= 0.6 is 15.9 Å². The van der Waals surface area contributed by atoms with Crippen LogP contribution in [-0.4, -0.2) is 45.0 Å². The fraction of sp³-hybridized carbons (Fsp3) is 0.273. The van der Waals surface area contributed by atoms with E-state index in [0.717, 1.165) is 11.1 Å². The van der Waals surface area contributed by atoms with Crippen LogP contribution in [0.1, 0.15) is 35.4 Å². The number of para-hydroxylation sites is 1. The first-order valence-corrected chi connectivity index (χ1v) is 14.4.